The molecular weight excluding hydrogens is 330 g/mol. The lowest BCUT2D eigenvalue weighted by Gasteiger charge is -2.36. The molecule has 140 valence electrons. The average molecular weight is 357 g/mol. The molecule has 6 heteroatoms. The summed E-state index contributed by atoms with van der Waals surface area (Å²) in [6.45, 7) is 12.5. The fourth-order valence-corrected chi connectivity index (χ4v) is 3.21. The van der Waals surface area contributed by atoms with E-state index in [1.807, 2.05) is 34.6 Å². The SMILES string of the molecule is Cc1noc(C)c1-c1ccc(N2CCN(C(=O)OC(C)(C)C)CC2)cc1. The van der Waals surface area contributed by atoms with Gasteiger partial charge >= 0.3 is 6.09 Å². The van der Waals surface area contributed by atoms with Crippen molar-refractivity contribution in [3.8, 4) is 11.1 Å². The lowest BCUT2D eigenvalue weighted by atomic mass is 10.0. The molecule has 0 unspecified atom stereocenters. The molecule has 0 N–H and O–H groups in total. The van der Waals surface area contributed by atoms with Gasteiger partial charge in [0.2, 0.25) is 0 Å². The van der Waals surface area contributed by atoms with Gasteiger partial charge in [-0.05, 0) is 52.3 Å². The van der Waals surface area contributed by atoms with Gasteiger partial charge in [0.05, 0.1) is 5.69 Å². The Bertz CT molecular complexity index is 747. The molecular formula is C20H27N3O3. The molecule has 1 amide bonds. The molecule has 3 rings (SSSR count). The summed E-state index contributed by atoms with van der Waals surface area (Å²) in [5.41, 5.74) is 3.77. The van der Waals surface area contributed by atoms with Crippen LogP contribution >= 0.6 is 0 Å². The Balaban J connectivity index is 1.63. The number of piperazine rings is 1. The number of ether oxygens (including phenoxy) is 1. The highest BCUT2D eigenvalue weighted by Crippen LogP contribution is 2.29. The summed E-state index contributed by atoms with van der Waals surface area (Å²) in [7, 11) is 0. The summed E-state index contributed by atoms with van der Waals surface area (Å²) in [6.07, 6.45) is -0.231. The summed E-state index contributed by atoms with van der Waals surface area (Å²) in [4.78, 5) is 16.2. The van der Waals surface area contributed by atoms with Gasteiger partial charge < -0.3 is 19.1 Å². The molecule has 1 fully saturated rings. The minimum absolute atomic E-state index is 0.231. The largest absolute Gasteiger partial charge is 0.444 e. The zero-order valence-electron chi connectivity index (χ0n) is 16.2. The van der Waals surface area contributed by atoms with Crippen molar-refractivity contribution in [2.75, 3.05) is 31.1 Å². The second kappa shape index (κ2) is 7.02. The summed E-state index contributed by atoms with van der Waals surface area (Å²) in [5.74, 6) is 0.834. The molecule has 2 heterocycles. The van der Waals surface area contributed by atoms with Crippen molar-refractivity contribution in [3.05, 3.63) is 35.7 Å². The lowest BCUT2D eigenvalue weighted by molar-refractivity contribution is 0.0240. The second-order valence-corrected chi connectivity index (χ2v) is 7.70. The van der Waals surface area contributed by atoms with E-state index in [1.54, 1.807) is 4.90 Å². The third-order valence-corrected chi connectivity index (χ3v) is 4.49. The van der Waals surface area contributed by atoms with Gasteiger partial charge in [-0.25, -0.2) is 4.79 Å². The zero-order valence-corrected chi connectivity index (χ0v) is 16.2. The molecule has 1 aliphatic heterocycles. The Morgan fingerprint density at radius 3 is 2.19 bits per heavy atom. The van der Waals surface area contributed by atoms with E-state index in [0.29, 0.717) is 13.1 Å². The van der Waals surface area contributed by atoms with Gasteiger partial charge in [0.15, 0.2) is 0 Å². The van der Waals surface area contributed by atoms with E-state index in [4.69, 9.17) is 9.26 Å². The molecule has 0 spiro atoms. The number of amides is 1. The first-order valence-electron chi connectivity index (χ1n) is 9.01. The van der Waals surface area contributed by atoms with E-state index in [9.17, 15) is 4.79 Å². The minimum Gasteiger partial charge on any atom is -0.444 e. The normalized spacial score (nSPS) is 15.3. The first-order chi connectivity index (χ1) is 12.2. The third kappa shape index (κ3) is 4.00. The summed E-state index contributed by atoms with van der Waals surface area (Å²) in [6, 6.07) is 8.43. The zero-order chi connectivity index (χ0) is 18.9. The number of aryl methyl sites for hydroxylation is 2. The highest BCUT2D eigenvalue weighted by molar-refractivity contribution is 5.70. The van der Waals surface area contributed by atoms with Gasteiger partial charge in [0.1, 0.15) is 11.4 Å². The van der Waals surface area contributed by atoms with E-state index in [2.05, 4.69) is 34.3 Å². The highest BCUT2D eigenvalue weighted by Gasteiger charge is 2.26. The van der Waals surface area contributed by atoms with Gasteiger partial charge in [-0.1, -0.05) is 17.3 Å². The van der Waals surface area contributed by atoms with Crippen molar-refractivity contribution in [1.82, 2.24) is 10.1 Å². The van der Waals surface area contributed by atoms with Crippen LogP contribution in [0, 0.1) is 13.8 Å². The molecule has 26 heavy (non-hydrogen) atoms. The number of carbonyl (C=O) groups excluding carboxylic acids is 1. The molecule has 2 aromatic rings. The molecule has 1 aliphatic rings. The summed E-state index contributed by atoms with van der Waals surface area (Å²) in [5, 5.41) is 4.02. The monoisotopic (exact) mass is 357 g/mol. The van der Waals surface area contributed by atoms with Gasteiger partial charge in [0.25, 0.3) is 0 Å². The fourth-order valence-electron chi connectivity index (χ4n) is 3.21. The van der Waals surface area contributed by atoms with Crippen molar-refractivity contribution in [1.29, 1.82) is 0 Å². The Morgan fingerprint density at radius 1 is 1.08 bits per heavy atom. The Morgan fingerprint density at radius 2 is 1.69 bits per heavy atom. The maximum Gasteiger partial charge on any atom is 0.410 e. The topological polar surface area (TPSA) is 58.8 Å². The molecule has 0 atom stereocenters. The lowest BCUT2D eigenvalue weighted by Crippen LogP contribution is -2.50. The van der Waals surface area contributed by atoms with Gasteiger partial charge in [-0.3, -0.25) is 0 Å². The van der Waals surface area contributed by atoms with Crippen LogP contribution in [-0.4, -0.2) is 47.9 Å². The van der Waals surface area contributed by atoms with Crippen LogP contribution in [0.15, 0.2) is 28.8 Å². The molecule has 0 saturated carbocycles. The number of hydrogen-bond donors (Lipinski definition) is 0. The average Bonchev–Trinajstić information content (AvgIpc) is 2.92. The van der Waals surface area contributed by atoms with Crippen molar-refractivity contribution in [2.24, 2.45) is 0 Å². The second-order valence-electron chi connectivity index (χ2n) is 7.70. The maximum absolute atomic E-state index is 12.2. The molecule has 0 aliphatic carbocycles. The van der Waals surface area contributed by atoms with Crippen molar-refractivity contribution in [2.45, 2.75) is 40.2 Å². The maximum atomic E-state index is 12.2. The molecule has 0 radical (unpaired) electrons. The van der Waals surface area contributed by atoms with Crippen molar-refractivity contribution >= 4 is 11.8 Å². The smallest absolute Gasteiger partial charge is 0.410 e. The number of carbonyl (C=O) groups is 1. The van der Waals surface area contributed by atoms with Crippen LogP contribution in [-0.2, 0) is 4.74 Å². The Hall–Kier alpha value is -2.50. The van der Waals surface area contributed by atoms with Crippen LogP contribution in [0.1, 0.15) is 32.2 Å². The van der Waals surface area contributed by atoms with Crippen LogP contribution < -0.4 is 4.90 Å². The third-order valence-electron chi connectivity index (χ3n) is 4.49. The Kier molecular flexibility index (Phi) is 4.94. The number of anilines is 1. The van der Waals surface area contributed by atoms with Gasteiger partial charge in [-0.15, -0.1) is 0 Å². The first-order valence-corrected chi connectivity index (χ1v) is 9.01. The van der Waals surface area contributed by atoms with Crippen LogP contribution in [0.4, 0.5) is 10.5 Å². The fraction of sp³-hybridized carbons (Fsp3) is 0.500. The van der Waals surface area contributed by atoms with E-state index >= 15 is 0 Å². The first kappa shape index (κ1) is 18.3. The predicted octanol–water partition coefficient (Wildman–Crippen LogP) is 4.02. The number of rotatable bonds is 2. The highest BCUT2D eigenvalue weighted by atomic mass is 16.6. The van der Waals surface area contributed by atoms with E-state index in [-0.39, 0.29) is 6.09 Å². The van der Waals surface area contributed by atoms with Crippen LogP contribution in [0.5, 0.6) is 0 Å². The van der Waals surface area contributed by atoms with Gasteiger partial charge in [-0.2, -0.15) is 0 Å². The van der Waals surface area contributed by atoms with Crippen molar-refractivity contribution in [3.63, 3.8) is 0 Å². The number of benzene rings is 1. The number of hydrogen-bond acceptors (Lipinski definition) is 5. The summed E-state index contributed by atoms with van der Waals surface area (Å²) >= 11 is 0. The molecule has 1 aromatic carbocycles. The molecule has 6 nitrogen and oxygen atoms in total. The van der Waals surface area contributed by atoms with E-state index in [1.165, 1.54) is 0 Å². The van der Waals surface area contributed by atoms with Crippen molar-refractivity contribution < 1.29 is 14.1 Å². The standard InChI is InChI=1S/C20H27N3O3/c1-14-18(15(2)26-21-14)16-6-8-17(9-7-16)22-10-12-23(13-11-22)19(24)25-20(3,4)5/h6-9H,10-13H2,1-5H3. The van der Waals surface area contributed by atoms with Crippen LogP contribution in [0.25, 0.3) is 11.1 Å². The Labute approximate surface area is 154 Å². The molecule has 1 saturated heterocycles. The number of aromatic nitrogens is 1. The van der Waals surface area contributed by atoms with Gasteiger partial charge in [0, 0.05) is 37.4 Å². The quantitative estimate of drug-likeness (QED) is 0.812. The summed E-state index contributed by atoms with van der Waals surface area (Å²) < 4.78 is 10.7. The van der Waals surface area contributed by atoms with Crippen LogP contribution in [0.3, 0.4) is 0 Å². The minimum atomic E-state index is -0.456. The predicted molar refractivity (Wildman–Crippen MR) is 101 cm³/mol. The van der Waals surface area contributed by atoms with E-state index < -0.39 is 5.60 Å². The molecule has 1 aromatic heterocycles. The molecule has 0 bridgehead atoms. The van der Waals surface area contributed by atoms with Crippen LogP contribution in [0.2, 0.25) is 0 Å². The van der Waals surface area contributed by atoms with E-state index in [0.717, 1.165) is 41.4 Å². The number of nitrogens with zero attached hydrogens (tertiary/aromatic N) is 3.